The summed E-state index contributed by atoms with van der Waals surface area (Å²) in [6.45, 7) is 5.72. The van der Waals surface area contributed by atoms with Crippen LogP contribution in [0.25, 0.3) is 20.4 Å². The van der Waals surface area contributed by atoms with Crippen LogP contribution >= 0.6 is 22.9 Å². The molecule has 5 heterocycles. The lowest BCUT2D eigenvalue weighted by molar-refractivity contribution is 0.544. The van der Waals surface area contributed by atoms with Crippen molar-refractivity contribution in [2.45, 2.75) is 38.6 Å². The van der Waals surface area contributed by atoms with Crippen molar-refractivity contribution in [3.05, 3.63) is 40.4 Å². The lowest BCUT2D eigenvalue weighted by Crippen LogP contribution is -2.55. The molecule has 1 saturated heterocycles. The van der Waals surface area contributed by atoms with Gasteiger partial charge in [-0.2, -0.15) is 5.10 Å². The van der Waals surface area contributed by atoms with Crippen molar-refractivity contribution in [1.29, 1.82) is 0 Å². The molecule has 1 aliphatic carbocycles. The van der Waals surface area contributed by atoms with Gasteiger partial charge in [-0.15, -0.1) is 16.4 Å². The zero-order valence-electron chi connectivity index (χ0n) is 16.7. The number of pyridine rings is 1. The van der Waals surface area contributed by atoms with Crippen LogP contribution in [0.2, 0.25) is 5.02 Å². The Morgan fingerprint density at radius 2 is 1.97 bits per heavy atom. The van der Waals surface area contributed by atoms with Crippen LogP contribution in [0, 0.1) is 13.8 Å². The van der Waals surface area contributed by atoms with Crippen molar-refractivity contribution >= 4 is 55.0 Å². The van der Waals surface area contributed by atoms with Crippen LogP contribution in [0.5, 0.6) is 0 Å². The number of nitrogens with zero attached hydrogens (tertiary/aromatic N) is 6. The van der Waals surface area contributed by atoms with E-state index in [1.165, 1.54) is 18.4 Å². The first-order valence-corrected chi connectivity index (χ1v) is 11.3. The summed E-state index contributed by atoms with van der Waals surface area (Å²) in [6, 6.07) is 2.36. The van der Waals surface area contributed by atoms with Crippen molar-refractivity contribution < 1.29 is 0 Å². The zero-order valence-corrected chi connectivity index (χ0v) is 18.3. The minimum absolute atomic E-state index is 0.281. The number of aryl methyl sites for hydroxylation is 2. The van der Waals surface area contributed by atoms with Gasteiger partial charge in [-0.3, -0.25) is 0 Å². The van der Waals surface area contributed by atoms with E-state index in [0.29, 0.717) is 5.92 Å². The van der Waals surface area contributed by atoms with Crippen molar-refractivity contribution in [2.24, 2.45) is 0 Å². The molecule has 9 heteroatoms. The van der Waals surface area contributed by atoms with E-state index >= 15 is 0 Å². The maximum absolute atomic E-state index is 6.51. The molecule has 0 aromatic carbocycles. The number of halogens is 1. The molecule has 0 unspecified atom stereocenters. The number of aromatic nitrogens is 5. The normalized spacial score (nSPS) is 17.0. The molecule has 1 saturated carbocycles. The molecule has 2 fully saturated rings. The van der Waals surface area contributed by atoms with Crippen molar-refractivity contribution in [3.8, 4) is 0 Å². The molecule has 6 rings (SSSR count). The third-order valence-electron chi connectivity index (χ3n) is 6.08. The number of hydrogen-bond acceptors (Lipinski definition) is 8. The van der Waals surface area contributed by atoms with Gasteiger partial charge >= 0.3 is 0 Å². The highest BCUT2D eigenvalue weighted by Gasteiger charge is 2.31. The maximum Gasteiger partial charge on any atom is 0.149 e. The SMILES string of the molecule is Cc1nnc2sc3c(NC4CN(c5ncc(C6CC6)cc5Cl)C4)ncnc3c2c1C. The molecular formula is C21H20ClN7S. The van der Waals surface area contributed by atoms with E-state index in [0.717, 1.165) is 61.4 Å². The lowest BCUT2D eigenvalue weighted by atomic mass is 10.1. The average molecular weight is 438 g/mol. The van der Waals surface area contributed by atoms with Crippen molar-refractivity contribution in [2.75, 3.05) is 23.3 Å². The summed E-state index contributed by atoms with van der Waals surface area (Å²) in [5.41, 5.74) is 4.27. The first kappa shape index (κ1) is 18.2. The number of anilines is 2. The molecule has 0 spiro atoms. The highest BCUT2D eigenvalue weighted by molar-refractivity contribution is 7.26. The summed E-state index contributed by atoms with van der Waals surface area (Å²) in [7, 11) is 0. The standard InChI is InChI=1S/C21H20ClN7S/c1-10-11(2)27-28-21-16(10)17-18(30-21)19(25-9-24-17)26-14-7-29(8-14)20-15(22)5-13(6-23-20)12-3-4-12/h5-6,9,12,14H,3-4,7-8H2,1-2H3,(H,24,25,26). The topological polar surface area (TPSA) is 79.7 Å². The summed E-state index contributed by atoms with van der Waals surface area (Å²) in [5.74, 6) is 2.39. The third-order valence-corrected chi connectivity index (χ3v) is 7.42. The fourth-order valence-corrected chi connectivity index (χ4v) is 5.42. The van der Waals surface area contributed by atoms with Gasteiger partial charge in [-0.05, 0) is 49.8 Å². The van der Waals surface area contributed by atoms with Crippen molar-refractivity contribution in [1.82, 2.24) is 25.1 Å². The highest BCUT2D eigenvalue weighted by atomic mass is 35.5. The Bertz CT molecular complexity index is 1290. The van der Waals surface area contributed by atoms with Crippen LogP contribution in [-0.2, 0) is 0 Å². The minimum atomic E-state index is 0.281. The van der Waals surface area contributed by atoms with Crippen LogP contribution in [0.4, 0.5) is 11.6 Å². The molecule has 4 aromatic rings. The molecule has 30 heavy (non-hydrogen) atoms. The number of hydrogen-bond donors (Lipinski definition) is 1. The van der Waals surface area contributed by atoms with Gasteiger partial charge in [-0.1, -0.05) is 11.6 Å². The summed E-state index contributed by atoms with van der Waals surface area (Å²) >= 11 is 8.10. The first-order chi connectivity index (χ1) is 14.6. The second kappa shape index (κ2) is 6.72. The lowest BCUT2D eigenvalue weighted by Gasteiger charge is -2.41. The number of fused-ring (bicyclic) bond motifs is 3. The smallest absolute Gasteiger partial charge is 0.149 e. The third kappa shape index (κ3) is 2.89. The Morgan fingerprint density at radius 3 is 2.73 bits per heavy atom. The number of thiophene rings is 1. The van der Waals surface area contributed by atoms with E-state index in [1.807, 2.05) is 13.1 Å². The van der Waals surface area contributed by atoms with Gasteiger partial charge in [0.1, 0.15) is 22.8 Å². The quantitative estimate of drug-likeness (QED) is 0.504. The second-order valence-corrected chi connectivity index (χ2v) is 9.59. The van der Waals surface area contributed by atoms with E-state index in [4.69, 9.17) is 11.6 Å². The summed E-state index contributed by atoms with van der Waals surface area (Å²) in [5, 5.41) is 14.0. The van der Waals surface area contributed by atoms with Gasteiger partial charge in [0, 0.05) is 24.7 Å². The molecule has 2 aliphatic rings. The Hall–Kier alpha value is -2.58. The average Bonchev–Trinajstić information content (AvgIpc) is 3.48. The molecule has 0 atom stereocenters. The highest BCUT2D eigenvalue weighted by Crippen LogP contribution is 2.42. The fourth-order valence-electron chi connectivity index (χ4n) is 4.04. The predicted octanol–water partition coefficient (Wildman–Crippen LogP) is 4.48. The number of rotatable bonds is 4. The molecule has 7 nitrogen and oxygen atoms in total. The van der Waals surface area contributed by atoms with Crippen molar-refractivity contribution in [3.63, 3.8) is 0 Å². The Kier molecular flexibility index (Phi) is 4.08. The molecule has 0 amide bonds. The minimum Gasteiger partial charge on any atom is -0.362 e. The Balaban J connectivity index is 1.23. The van der Waals surface area contributed by atoms with Crippen LogP contribution in [0.3, 0.4) is 0 Å². The van der Waals surface area contributed by atoms with E-state index in [-0.39, 0.29) is 6.04 Å². The van der Waals surface area contributed by atoms with Crippen LogP contribution in [-0.4, -0.2) is 44.3 Å². The maximum atomic E-state index is 6.51. The van der Waals surface area contributed by atoms with Gasteiger partial charge in [-0.25, -0.2) is 15.0 Å². The van der Waals surface area contributed by atoms with E-state index < -0.39 is 0 Å². The summed E-state index contributed by atoms with van der Waals surface area (Å²) in [4.78, 5) is 16.8. The molecule has 0 bridgehead atoms. The predicted molar refractivity (Wildman–Crippen MR) is 121 cm³/mol. The summed E-state index contributed by atoms with van der Waals surface area (Å²) < 4.78 is 1.03. The zero-order chi connectivity index (χ0) is 20.4. The molecular weight excluding hydrogens is 418 g/mol. The van der Waals surface area contributed by atoms with Crippen LogP contribution in [0.1, 0.15) is 35.6 Å². The Morgan fingerprint density at radius 1 is 1.13 bits per heavy atom. The molecule has 152 valence electrons. The van der Waals surface area contributed by atoms with E-state index in [2.05, 4.69) is 48.4 Å². The van der Waals surface area contributed by atoms with Gasteiger partial charge in [0.15, 0.2) is 0 Å². The molecule has 1 aliphatic heterocycles. The second-order valence-electron chi connectivity index (χ2n) is 8.19. The summed E-state index contributed by atoms with van der Waals surface area (Å²) in [6.07, 6.45) is 6.11. The molecule has 4 aromatic heterocycles. The van der Waals surface area contributed by atoms with Gasteiger partial charge in [0.25, 0.3) is 0 Å². The van der Waals surface area contributed by atoms with Crippen LogP contribution < -0.4 is 10.2 Å². The van der Waals surface area contributed by atoms with E-state index in [9.17, 15) is 0 Å². The van der Waals surface area contributed by atoms with Gasteiger partial charge in [0.05, 0.1) is 27.0 Å². The fraction of sp³-hybridized carbons (Fsp3) is 0.381. The van der Waals surface area contributed by atoms with Gasteiger partial charge in [0.2, 0.25) is 0 Å². The molecule has 0 radical (unpaired) electrons. The number of nitrogens with one attached hydrogen (secondary N) is 1. The van der Waals surface area contributed by atoms with Gasteiger partial charge < -0.3 is 10.2 Å². The first-order valence-electron chi connectivity index (χ1n) is 10.1. The largest absolute Gasteiger partial charge is 0.362 e. The monoisotopic (exact) mass is 437 g/mol. The van der Waals surface area contributed by atoms with Crippen LogP contribution in [0.15, 0.2) is 18.6 Å². The Labute approximate surface area is 182 Å². The molecule has 1 N–H and O–H groups in total. The van der Waals surface area contributed by atoms with E-state index in [1.54, 1.807) is 17.7 Å².